The Kier molecular flexibility index (Phi) is 6.29. The van der Waals surface area contributed by atoms with E-state index in [4.69, 9.17) is 14.7 Å². The molecular weight excluding hydrogens is 350 g/mol. The van der Waals surface area contributed by atoms with E-state index < -0.39 is 0 Å². The first-order chi connectivity index (χ1) is 13.7. The third-order valence-electron chi connectivity index (χ3n) is 4.64. The molecule has 0 amide bonds. The van der Waals surface area contributed by atoms with Gasteiger partial charge in [0.25, 0.3) is 0 Å². The van der Waals surface area contributed by atoms with Crippen LogP contribution in [0.5, 0.6) is 5.75 Å². The van der Waals surface area contributed by atoms with Crippen molar-refractivity contribution in [3.63, 3.8) is 0 Å². The van der Waals surface area contributed by atoms with Crippen molar-refractivity contribution >= 4 is 16.7 Å². The molecule has 0 bridgehead atoms. The van der Waals surface area contributed by atoms with Crippen LogP contribution in [0.15, 0.2) is 60.7 Å². The van der Waals surface area contributed by atoms with Crippen LogP contribution in [0.3, 0.4) is 0 Å². The van der Waals surface area contributed by atoms with E-state index in [-0.39, 0.29) is 18.5 Å². The highest BCUT2D eigenvalue weighted by Crippen LogP contribution is 2.38. The summed E-state index contributed by atoms with van der Waals surface area (Å²) in [7, 11) is 0. The summed E-state index contributed by atoms with van der Waals surface area (Å²) < 4.78 is 11.3. The van der Waals surface area contributed by atoms with Gasteiger partial charge in [-0.1, -0.05) is 49.4 Å². The fourth-order valence-electron chi connectivity index (χ4n) is 3.21. The zero-order chi connectivity index (χ0) is 19.9. The Labute approximate surface area is 165 Å². The van der Waals surface area contributed by atoms with Crippen LogP contribution in [0.2, 0.25) is 0 Å². The minimum absolute atomic E-state index is 0.212. The van der Waals surface area contributed by atoms with Crippen molar-refractivity contribution in [3.05, 3.63) is 66.2 Å². The van der Waals surface area contributed by atoms with Gasteiger partial charge in [0.1, 0.15) is 11.9 Å². The topological polar surface area (TPSA) is 59.3 Å². The molecule has 0 saturated carbocycles. The SMILES string of the molecule is CCOC(=O)CC(CC)Oc1ccc2ccccc2c1-c1ccc(C#N)cc1. The van der Waals surface area contributed by atoms with Crippen LogP contribution in [-0.2, 0) is 9.53 Å². The zero-order valence-corrected chi connectivity index (χ0v) is 16.1. The second-order valence-corrected chi connectivity index (χ2v) is 6.51. The van der Waals surface area contributed by atoms with Crippen LogP contribution < -0.4 is 4.74 Å². The molecule has 3 rings (SSSR count). The number of esters is 1. The second kappa shape index (κ2) is 9.05. The fourth-order valence-corrected chi connectivity index (χ4v) is 3.21. The van der Waals surface area contributed by atoms with E-state index in [1.54, 1.807) is 19.1 Å². The third-order valence-corrected chi connectivity index (χ3v) is 4.64. The van der Waals surface area contributed by atoms with Crippen LogP contribution in [0.1, 0.15) is 32.3 Å². The van der Waals surface area contributed by atoms with E-state index in [1.165, 1.54) is 0 Å². The first-order valence-corrected chi connectivity index (χ1v) is 9.50. The number of nitrogens with zero attached hydrogens (tertiary/aromatic N) is 1. The highest BCUT2D eigenvalue weighted by Gasteiger charge is 2.18. The summed E-state index contributed by atoms with van der Waals surface area (Å²) in [4.78, 5) is 11.9. The van der Waals surface area contributed by atoms with E-state index in [0.717, 1.165) is 27.6 Å². The van der Waals surface area contributed by atoms with Crippen molar-refractivity contribution in [2.45, 2.75) is 32.8 Å². The highest BCUT2D eigenvalue weighted by atomic mass is 16.5. The van der Waals surface area contributed by atoms with Gasteiger partial charge < -0.3 is 9.47 Å². The zero-order valence-electron chi connectivity index (χ0n) is 16.1. The van der Waals surface area contributed by atoms with Crippen molar-refractivity contribution in [1.29, 1.82) is 5.26 Å². The van der Waals surface area contributed by atoms with E-state index in [0.29, 0.717) is 18.6 Å². The summed E-state index contributed by atoms with van der Waals surface area (Å²) in [6.45, 7) is 4.15. The number of ether oxygens (including phenoxy) is 2. The molecule has 1 atom stereocenters. The fraction of sp³-hybridized carbons (Fsp3) is 0.250. The molecule has 0 radical (unpaired) electrons. The Hall–Kier alpha value is -3.32. The van der Waals surface area contributed by atoms with Gasteiger partial charge in [-0.3, -0.25) is 4.79 Å². The minimum atomic E-state index is -0.266. The monoisotopic (exact) mass is 373 g/mol. The molecular formula is C24H23NO3. The van der Waals surface area contributed by atoms with E-state index in [1.807, 2.05) is 43.3 Å². The molecule has 0 saturated heterocycles. The average molecular weight is 373 g/mol. The number of benzene rings is 3. The maximum Gasteiger partial charge on any atom is 0.309 e. The van der Waals surface area contributed by atoms with E-state index in [2.05, 4.69) is 18.2 Å². The van der Waals surface area contributed by atoms with E-state index >= 15 is 0 Å². The molecule has 0 aliphatic heterocycles. The van der Waals surface area contributed by atoms with Gasteiger partial charge >= 0.3 is 5.97 Å². The number of nitriles is 1. The Morgan fingerprint density at radius 1 is 1.04 bits per heavy atom. The Balaban J connectivity index is 2.04. The van der Waals surface area contributed by atoms with Crippen molar-refractivity contribution in [3.8, 4) is 22.9 Å². The van der Waals surface area contributed by atoms with Crippen molar-refractivity contribution in [2.75, 3.05) is 6.61 Å². The molecule has 4 nitrogen and oxygen atoms in total. The highest BCUT2D eigenvalue weighted by molar-refractivity contribution is 5.99. The lowest BCUT2D eigenvalue weighted by Gasteiger charge is -2.20. The van der Waals surface area contributed by atoms with Gasteiger partial charge in [0.15, 0.2) is 0 Å². The summed E-state index contributed by atoms with van der Waals surface area (Å²) in [5.74, 6) is 0.467. The number of rotatable bonds is 7. The first-order valence-electron chi connectivity index (χ1n) is 9.50. The predicted octanol–water partition coefficient (Wildman–Crippen LogP) is 5.49. The molecule has 28 heavy (non-hydrogen) atoms. The third kappa shape index (κ3) is 4.32. The smallest absolute Gasteiger partial charge is 0.309 e. The molecule has 0 fully saturated rings. The number of carbonyl (C=O) groups is 1. The maximum absolute atomic E-state index is 11.9. The molecule has 3 aromatic rings. The van der Waals surface area contributed by atoms with Crippen molar-refractivity contribution in [2.24, 2.45) is 0 Å². The molecule has 1 unspecified atom stereocenters. The first kappa shape index (κ1) is 19.4. The molecule has 0 spiro atoms. The number of fused-ring (bicyclic) bond motifs is 1. The van der Waals surface area contributed by atoms with Gasteiger partial charge in [-0.25, -0.2) is 0 Å². The molecule has 0 heterocycles. The summed E-state index contributed by atoms with van der Waals surface area (Å²) in [6, 6.07) is 21.7. The predicted molar refractivity (Wildman–Crippen MR) is 110 cm³/mol. The summed E-state index contributed by atoms with van der Waals surface area (Å²) >= 11 is 0. The lowest BCUT2D eigenvalue weighted by Crippen LogP contribution is -2.21. The number of hydrogen-bond donors (Lipinski definition) is 0. The van der Waals surface area contributed by atoms with Gasteiger partial charge in [-0.2, -0.15) is 5.26 Å². The van der Waals surface area contributed by atoms with Crippen molar-refractivity contribution in [1.82, 2.24) is 0 Å². The lowest BCUT2D eigenvalue weighted by molar-refractivity contribution is -0.145. The van der Waals surface area contributed by atoms with Gasteiger partial charge in [0, 0.05) is 5.56 Å². The summed E-state index contributed by atoms with van der Waals surface area (Å²) in [5.41, 5.74) is 2.54. The molecule has 3 aromatic carbocycles. The van der Waals surface area contributed by atoms with Crippen LogP contribution in [0.4, 0.5) is 0 Å². The molecule has 0 aliphatic rings. The van der Waals surface area contributed by atoms with Crippen LogP contribution in [-0.4, -0.2) is 18.7 Å². The molecule has 4 heteroatoms. The van der Waals surface area contributed by atoms with Crippen LogP contribution >= 0.6 is 0 Å². The lowest BCUT2D eigenvalue weighted by atomic mass is 9.96. The van der Waals surface area contributed by atoms with Crippen molar-refractivity contribution < 1.29 is 14.3 Å². The average Bonchev–Trinajstić information content (AvgIpc) is 2.73. The largest absolute Gasteiger partial charge is 0.489 e. The standard InChI is InChI=1S/C24H23NO3/c1-3-20(15-23(26)27-4-2)28-22-14-13-18-7-5-6-8-21(18)24(22)19-11-9-17(16-25)10-12-19/h5-14,20H,3-4,15H2,1-2H3. The molecule has 142 valence electrons. The molecule has 0 aromatic heterocycles. The van der Waals surface area contributed by atoms with Crippen LogP contribution in [0, 0.1) is 11.3 Å². The maximum atomic E-state index is 11.9. The quantitative estimate of drug-likeness (QED) is 0.514. The van der Waals surface area contributed by atoms with Gasteiger partial charge in [0.05, 0.1) is 24.7 Å². The van der Waals surface area contributed by atoms with Gasteiger partial charge in [-0.15, -0.1) is 0 Å². The minimum Gasteiger partial charge on any atom is -0.489 e. The second-order valence-electron chi connectivity index (χ2n) is 6.51. The summed E-state index contributed by atoms with van der Waals surface area (Å²) in [6.07, 6.45) is 0.639. The Bertz CT molecular complexity index is 1000. The number of hydrogen-bond acceptors (Lipinski definition) is 4. The Morgan fingerprint density at radius 3 is 2.46 bits per heavy atom. The van der Waals surface area contributed by atoms with Gasteiger partial charge in [0.2, 0.25) is 0 Å². The van der Waals surface area contributed by atoms with Gasteiger partial charge in [-0.05, 0) is 47.9 Å². The normalized spacial score (nSPS) is 11.6. The Morgan fingerprint density at radius 2 is 1.79 bits per heavy atom. The molecule has 0 N–H and O–H groups in total. The van der Waals surface area contributed by atoms with E-state index in [9.17, 15) is 4.79 Å². The summed E-state index contributed by atoms with van der Waals surface area (Å²) in [5, 5.41) is 11.3. The molecule has 0 aliphatic carbocycles. The number of carbonyl (C=O) groups excluding carboxylic acids is 1. The van der Waals surface area contributed by atoms with Crippen LogP contribution in [0.25, 0.3) is 21.9 Å².